The van der Waals surface area contributed by atoms with Gasteiger partial charge in [-0.15, -0.1) is 0 Å². The molecule has 0 unspecified atom stereocenters. The Kier molecular flexibility index (Phi) is 3.61. The van der Waals surface area contributed by atoms with Crippen LogP contribution in [0, 0.1) is 12.8 Å². The number of ether oxygens (including phenoxy) is 2. The first-order valence-electron chi connectivity index (χ1n) is 9.35. The molecule has 3 aromatic rings. The summed E-state index contributed by atoms with van der Waals surface area (Å²) >= 11 is 0. The molecular weight excluding hydrogens is 338 g/mol. The van der Waals surface area contributed by atoms with Gasteiger partial charge in [0.25, 0.3) is 0 Å². The minimum atomic E-state index is 0.233. The standard InChI is InChI=1S/C23H21NO3/c1-14-3-5-16(6-4-14)19-12-18-20(9-15(2)10-21(18)25)24(19)17-7-8-22-23(11-17)27-13-26-22/h3-8,11-12,15H,9-10,13H2,1-2H3/t15-/m0/s1. The highest BCUT2D eigenvalue weighted by Gasteiger charge is 2.29. The van der Waals surface area contributed by atoms with Crippen molar-refractivity contribution in [3.8, 4) is 28.4 Å². The number of aryl methyl sites for hydroxylation is 1. The van der Waals surface area contributed by atoms with Crippen molar-refractivity contribution in [1.29, 1.82) is 0 Å². The molecule has 1 aliphatic heterocycles. The van der Waals surface area contributed by atoms with Crippen LogP contribution in [0.25, 0.3) is 16.9 Å². The number of carbonyl (C=O) groups excluding carboxylic acids is 1. The van der Waals surface area contributed by atoms with Crippen LogP contribution >= 0.6 is 0 Å². The monoisotopic (exact) mass is 359 g/mol. The van der Waals surface area contributed by atoms with Gasteiger partial charge in [0.15, 0.2) is 17.3 Å². The van der Waals surface area contributed by atoms with Crippen molar-refractivity contribution in [1.82, 2.24) is 4.57 Å². The fourth-order valence-corrected chi connectivity index (χ4v) is 4.08. The first-order chi connectivity index (χ1) is 13.1. The number of nitrogens with zero attached hydrogens (tertiary/aromatic N) is 1. The van der Waals surface area contributed by atoms with Gasteiger partial charge in [-0.05, 0) is 43.0 Å². The summed E-state index contributed by atoms with van der Waals surface area (Å²) < 4.78 is 13.3. The van der Waals surface area contributed by atoms with Crippen molar-refractivity contribution in [2.45, 2.75) is 26.7 Å². The number of benzene rings is 2. The van der Waals surface area contributed by atoms with Gasteiger partial charge >= 0.3 is 0 Å². The molecule has 0 fully saturated rings. The zero-order chi connectivity index (χ0) is 18.5. The lowest BCUT2D eigenvalue weighted by Gasteiger charge is -2.21. The van der Waals surface area contributed by atoms with Gasteiger partial charge in [0, 0.05) is 29.4 Å². The van der Waals surface area contributed by atoms with E-state index in [1.54, 1.807) is 0 Å². The van der Waals surface area contributed by atoms with Crippen LogP contribution in [0.2, 0.25) is 0 Å². The molecular formula is C23H21NO3. The van der Waals surface area contributed by atoms with Gasteiger partial charge in [-0.1, -0.05) is 36.8 Å². The zero-order valence-electron chi connectivity index (χ0n) is 15.5. The predicted molar refractivity (Wildman–Crippen MR) is 104 cm³/mol. The van der Waals surface area contributed by atoms with Gasteiger partial charge in [-0.3, -0.25) is 4.79 Å². The van der Waals surface area contributed by atoms with Crippen molar-refractivity contribution in [3.05, 3.63) is 65.4 Å². The van der Waals surface area contributed by atoms with E-state index in [1.165, 1.54) is 5.56 Å². The zero-order valence-corrected chi connectivity index (χ0v) is 15.5. The molecule has 0 N–H and O–H groups in total. The minimum Gasteiger partial charge on any atom is -0.454 e. The van der Waals surface area contributed by atoms with E-state index in [0.717, 1.165) is 46.1 Å². The van der Waals surface area contributed by atoms with E-state index in [2.05, 4.69) is 48.7 Å². The third-order valence-electron chi connectivity index (χ3n) is 5.44. The molecule has 4 nitrogen and oxygen atoms in total. The summed E-state index contributed by atoms with van der Waals surface area (Å²) in [5.41, 5.74) is 6.30. The highest BCUT2D eigenvalue weighted by Crippen LogP contribution is 2.39. The van der Waals surface area contributed by atoms with Crippen LogP contribution in [0.1, 0.15) is 35.0 Å². The van der Waals surface area contributed by atoms with Gasteiger partial charge in [0.05, 0.1) is 5.69 Å². The van der Waals surface area contributed by atoms with E-state index in [0.29, 0.717) is 12.3 Å². The Morgan fingerprint density at radius 3 is 2.56 bits per heavy atom. The van der Waals surface area contributed by atoms with E-state index >= 15 is 0 Å². The molecule has 1 aromatic heterocycles. The van der Waals surface area contributed by atoms with Crippen LogP contribution < -0.4 is 9.47 Å². The van der Waals surface area contributed by atoms with Gasteiger partial charge in [0.2, 0.25) is 6.79 Å². The topological polar surface area (TPSA) is 40.5 Å². The summed E-state index contributed by atoms with van der Waals surface area (Å²) in [6.07, 6.45) is 1.51. The number of ketones is 1. The Balaban J connectivity index is 1.75. The van der Waals surface area contributed by atoms with Crippen LogP contribution in [-0.4, -0.2) is 17.1 Å². The van der Waals surface area contributed by atoms with Crippen molar-refractivity contribution in [3.63, 3.8) is 0 Å². The van der Waals surface area contributed by atoms with Crippen molar-refractivity contribution in [2.75, 3.05) is 6.79 Å². The van der Waals surface area contributed by atoms with Gasteiger partial charge in [-0.2, -0.15) is 0 Å². The summed E-state index contributed by atoms with van der Waals surface area (Å²) in [5.74, 6) is 2.09. The Bertz CT molecular complexity index is 1050. The lowest BCUT2D eigenvalue weighted by Crippen LogP contribution is -2.19. The molecule has 1 atom stereocenters. The van der Waals surface area contributed by atoms with Crippen LogP contribution in [0.3, 0.4) is 0 Å². The van der Waals surface area contributed by atoms with E-state index < -0.39 is 0 Å². The minimum absolute atomic E-state index is 0.233. The Hall–Kier alpha value is -3.01. The van der Waals surface area contributed by atoms with Crippen molar-refractivity contribution >= 4 is 5.78 Å². The summed E-state index contributed by atoms with van der Waals surface area (Å²) in [7, 11) is 0. The number of hydrogen-bond donors (Lipinski definition) is 0. The van der Waals surface area contributed by atoms with Crippen LogP contribution in [0.4, 0.5) is 0 Å². The van der Waals surface area contributed by atoms with Gasteiger partial charge in [-0.25, -0.2) is 0 Å². The lowest BCUT2D eigenvalue weighted by atomic mass is 9.88. The van der Waals surface area contributed by atoms with E-state index in [-0.39, 0.29) is 12.6 Å². The molecule has 4 heteroatoms. The number of rotatable bonds is 2. The molecule has 1 aliphatic carbocycles. The maximum absolute atomic E-state index is 12.7. The first-order valence-corrected chi connectivity index (χ1v) is 9.35. The average Bonchev–Trinajstić information content (AvgIpc) is 3.26. The molecule has 2 heterocycles. The summed E-state index contributed by atoms with van der Waals surface area (Å²) in [5, 5.41) is 0. The highest BCUT2D eigenvalue weighted by atomic mass is 16.7. The molecule has 27 heavy (non-hydrogen) atoms. The Labute approximate surface area is 158 Å². The average molecular weight is 359 g/mol. The SMILES string of the molecule is Cc1ccc(-c2cc3c(n2-c2ccc4c(c2)OCO4)C[C@H](C)CC3=O)cc1. The van der Waals surface area contributed by atoms with E-state index in [1.807, 2.05) is 18.2 Å². The van der Waals surface area contributed by atoms with Gasteiger partial charge in [0.1, 0.15) is 0 Å². The Morgan fingerprint density at radius 2 is 1.74 bits per heavy atom. The third kappa shape index (κ3) is 2.64. The summed E-state index contributed by atoms with van der Waals surface area (Å²) in [6, 6.07) is 16.5. The van der Waals surface area contributed by atoms with Crippen LogP contribution in [0.5, 0.6) is 11.5 Å². The summed E-state index contributed by atoms with van der Waals surface area (Å²) in [6.45, 7) is 4.48. The first kappa shape index (κ1) is 16.2. The van der Waals surface area contributed by atoms with Crippen molar-refractivity contribution in [2.24, 2.45) is 5.92 Å². The molecule has 0 radical (unpaired) electrons. The lowest BCUT2D eigenvalue weighted by molar-refractivity contribution is 0.0952. The smallest absolute Gasteiger partial charge is 0.231 e. The predicted octanol–water partition coefficient (Wildman–Crippen LogP) is 4.95. The second-order valence-electron chi connectivity index (χ2n) is 7.57. The molecule has 0 bridgehead atoms. The highest BCUT2D eigenvalue weighted by molar-refractivity contribution is 6.00. The van der Waals surface area contributed by atoms with Crippen LogP contribution in [0.15, 0.2) is 48.5 Å². The second kappa shape index (κ2) is 6.02. The van der Waals surface area contributed by atoms with Gasteiger partial charge < -0.3 is 14.0 Å². The quantitative estimate of drug-likeness (QED) is 0.650. The third-order valence-corrected chi connectivity index (χ3v) is 5.44. The number of fused-ring (bicyclic) bond motifs is 2. The van der Waals surface area contributed by atoms with E-state index in [4.69, 9.17) is 9.47 Å². The number of aromatic nitrogens is 1. The molecule has 0 saturated heterocycles. The fourth-order valence-electron chi connectivity index (χ4n) is 4.08. The number of Topliss-reactive ketones (excluding diaryl/α,β-unsaturated/α-hetero) is 1. The molecule has 0 spiro atoms. The van der Waals surface area contributed by atoms with Crippen molar-refractivity contribution < 1.29 is 14.3 Å². The molecule has 0 amide bonds. The van der Waals surface area contributed by atoms with Crippen LogP contribution in [-0.2, 0) is 6.42 Å². The van der Waals surface area contributed by atoms with E-state index in [9.17, 15) is 4.79 Å². The Morgan fingerprint density at radius 1 is 0.963 bits per heavy atom. The maximum atomic E-state index is 12.7. The molecule has 0 saturated carbocycles. The summed E-state index contributed by atoms with van der Waals surface area (Å²) in [4.78, 5) is 12.7. The fraction of sp³-hybridized carbons (Fsp3) is 0.261. The second-order valence-corrected chi connectivity index (χ2v) is 7.57. The largest absolute Gasteiger partial charge is 0.454 e. The molecule has 2 aromatic carbocycles. The molecule has 136 valence electrons. The number of hydrogen-bond acceptors (Lipinski definition) is 3. The molecule has 2 aliphatic rings. The molecule has 5 rings (SSSR count). The normalized spacial score (nSPS) is 17.9. The number of carbonyl (C=O) groups is 1. The maximum Gasteiger partial charge on any atom is 0.231 e.